The molecule has 16 heavy (non-hydrogen) atoms. The van der Waals surface area contributed by atoms with Gasteiger partial charge < -0.3 is 5.73 Å². The Morgan fingerprint density at radius 1 is 1.44 bits per heavy atom. The lowest BCUT2D eigenvalue weighted by atomic mass is 10.2. The number of rotatable bonds is 7. The van der Waals surface area contributed by atoms with Crippen LogP contribution in [0.2, 0.25) is 0 Å². The van der Waals surface area contributed by atoms with Crippen LogP contribution in [0, 0.1) is 0 Å². The van der Waals surface area contributed by atoms with Crippen LogP contribution in [0.5, 0.6) is 0 Å². The van der Waals surface area contributed by atoms with E-state index in [1.807, 2.05) is 0 Å². The number of thiophene rings is 1. The fourth-order valence-electron chi connectivity index (χ4n) is 1.79. The molecule has 1 aromatic heterocycles. The molecule has 0 radical (unpaired) electrons. The highest BCUT2D eigenvalue weighted by molar-refractivity contribution is 9.11. The molecule has 1 aromatic rings. The third kappa shape index (κ3) is 4.17. The Morgan fingerprint density at radius 2 is 2.19 bits per heavy atom. The Balaban J connectivity index is 2.53. The highest BCUT2D eigenvalue weighted by atomic mass is 79.9. The molecule has 0 fully saturated rings. The number of unbranched alkanes of at least 4 members (excludes halogenated alkanes) is 2. The van der Waals surface area contributed by atoms with Gasteiger partial charge >= 0.3 is 0 Å². The normalized spacial score (nSPS) is 13.3. The summed E-state index contributed by atoms with van der Waals surface area (Å²) >= 11 is 5.28. The van der Waals surface area contributed by atoms with Crippen molar-refractivity contribution >= 4 is 27.3 Å². The Labute approximate surface area is 111 Å². The van der Waals surface area contributed by atoms with Gasteiger partial charge in [0.15, 0.2) is 0 Å². The average molecular weight is 305 g/mol. The van der Waals surface area contributed by atoms with E-state index in [0.29, 0.717) is 12.6 Å². The van der Waals surface area contributed by atoms with Gasteiger partial charge in [0.1, 0.15) is 0 Å². The highest BCUT2D eigenvalue weighted by Gasteiger charge is 2.16. The highest BCUT2D eigenvalue weighted by Crippen LogP contribution is 2.29. The first-order chi connectivity index (χ1) is 7.69. The molecule has 1 atom stereocenters. The smallest absolute Gasteiger partial charge is 0.0702 e. The van der Waals surface area contributed by atoms with Crippen LogP contribution in [0.4, 0.5) is 0 Å². The van der Waals surface area contributed by atoms with Crippen molar-refractivity contribution in [1.29, 1.82) is 0 Å². The van der Waals surface area contributed by atoms with Gasteiger partial charge in [0.05, 0.1) is 9.83 Å². The van der Waals surface area contributed by atoms with E-state index in [1.165, 1.54) is 27.9 Å². The minimum Gasteiger partial charge on any atom is -0.329 e. The van der Waals surface area contributed by atoms with Crippen LogP contribution in [-0.2, 0) is 0 Å². The summed E-state index contributed by atoms with van der Waals surface area (Å²) in [5.41, 5.74) is 5.87. The Bertz CT molecular complexity index is 301. The summed E-state index contributed by atoms with van der Waals surface area (Å²) in [6, 6.07) is 4.64. The molecule has 2 N–H and O–H groups in total. The molecule has 0 aliphatic heterocycles. The maximum Gasteiger partial charge on any atom is 0.0702 e. The molecule has 1 heterocycles. The van der Waals surface area contributed by atoms with Crippen molar-refractivity contribution in [2.24, 2.45) is 5.73 Å². The Morgan fingerprint density at radius 3 is 2.69 bits per heavy atom. The second-order valence-corrected chi connectivity index (χ2v) is 6.58. The lowest BCUT2D eigenvalue weighted by Gasteiger charge is -2.25. The van der Waals surface area contributed by atoms with Crippen molar-refractivity contribution in [3.63, 3.8) is 0 Å². The van der Waals surface area contributed by atoms with E-state index >= 15 is 0 Å². The second-order valence-electron chi connectivity index (χ2n) is 4.08. The molecule has 0 aromatic carbocycles. The molecule has 0 aliphatic rings. The summed E-state index contributed by atoms with van der Waals surface area (Å²) in [7, 11) is 2.17. The van der Waals surface area contributed by atoms with Crippen molar-refractivity contribution in [3.8, 4) is 0 Å². The summed E-state index contributed by atoms with van der Waals surface area (Å²) in [5.74, 6) is 0. The molecule has 2 nitrogen and oxygen atoms in total. The Hall–Kier alpha value is 0.1000. The van der Waals surface area contributed by atoms with Crippen LogP contribution in [0.25, 0.3) is 0 Å². The van der Waals surface area contributed by atoms with Gasteiger partial charge in [0.2, 0.25) is 0 Å². The lowest BCUT2D eigenvalue weighted by Crippen LogP contribution is -2.30. The minimum absolute atomic E-state index is 0.369. The van der Waals surface area contributed by atoms with E-state index in [-0.39, 0.29) is 0 Å². The number of halogens is 1. The van der Waals surface area contributed by atoms with Gasteiger partial charge in [-0.3, -0.25) is 4.90 Å². The van der Waals surface area contributed by atoms with E-state index in [9.17, 15) is 0 Å². The zero-order chi connectivity index (χ0) is 12.0. The fraction of sp³-hybridized carbons (Fsp3) is 0.667. The van der Waals surface area contributed by atoms with Gasteiger partial charge in [-0.15, -0.1) is 11.3 Å². The van der Waals surface area contributed by atoms with Crippen LogP contribution in [0.1, 0.15) is 37.1 Å². The first-order valence-electron chi connectivity index (χ1n) is 5.84. The summed E-state index contributed by atoms with van der Waals surface area (Å²) in [6.45, 7) is 4.05. The number of nitrogens with two attached hydrogens (primary N) is 1. The molecule has 92 valence electrons. The maximum atomic E-state index is 5.87. The molecular weight excluding hydrogens is 284 g/mol. The number of hydrogen-bond donors (Lipinski definition) is 1. The summed E-state index contributed by atoms with van der Waals surface area (Å²) < 4.78 is 1.18. The van der Waals surface area contributed by atoms with Crippen molar-refractivity contribution < 1.29 is 0 Å². The first kappa shape index (κ1) is 14.2. The molecule has 0 amide bonds. The molecular formula is C12H21BrN2S. The predicted molar refractivity (Wildman–Crippen MR) is 76.0 cm³/mol. The molecule has 0 saturated carbocycles. The van der Waals surface area contributed by atoms with Gasteiger partial charge in [-0.2, -0.15) is 0 Å². The van der Waals surface area contributed by atoms with E-state index < -0.39 is 0 Å². The number of hydrogen-bond acceptors (Lipinski definition) is 3. The molecule has 0 spiro atoms. The molecule has 4 heteroatoms. The SMILES string of the molecule is CCCCCN(C)C(CN)c1ccc(Br)s1. The average Bonchev–Trinajstić information content (AvgIpc) is 2.66. The van der Waals surface area contributed by atoms with Crippen molar-refractivity contribution in [3.05, 3.63) is 20.8 Å². The third-order valence-corrected chi connectivity index (χ3v) is 4.52. The van der Waals surface area contributed by atoms with Gasteiger partial charge in [0.25, 0.3) is 0 Å². The first-order valence-corrected chi connectivity index (χ1v) is 7.45. The molecule has 1 rings (SSSR count). The van der Waals surface area contributed by atoms with Crippen LogP contribution in [-0.4, -0.2) is 25.0 Å². The van der Waals surface area contributed by atoms with E-state index in [2.05, 4.69) is 46.9 Å². The molecule has 1 unspecified atom stereocenters. The quantitative estimate of drug-likeness (QED) is 0.779. The van der Waals surface area contributed by atoms with Crippen LogP contribution >= 0.6 is 27.3 Å². The van der Waals surface area contributed by atoms with Gasteiger partial charge in [-0.05, 0) is 48.1 Å². The Kier molecular flexibility index (Phi) is 6.58. The van der Waals surface area contributed by atoms with E-state index in [4.69, 9.17) is 5.73 Å². The third-order valence-electron chi connectivity index (χ3n) is 2.79. The van der Waals surface area contributed by atoms with Gasteiger partial charge in [-0.1, -0.05) is 19.8 Å². The zero-order valence-corrected chi connectivity index (χ0v) is 12.5. The fourth-order valence-corrected chi connectivity index (χ4v) is 3.39. The molecule has 0 bridgehead atoms. The van der Waals surface area contributed by atoms with Crippen LogP contribution < -0.4 is 5.73 Å². The molecule has 0 aliphatic carbocycles. The number of nitrogens with zero attached hydrogens (tertiary/aromatic N) is 1. The number of likely N-dealkylation sites (N-methyl/N-ethyl adjacent to an activating group) is 1. The largest absolute Gasteiger partial charge is 0.329 e. The van der Waals surface area contributed by atoms with Crippen LogP contribution in [0.15, 0.2) is 15.9 Å². The maximum absolute atomic E-state index is 5.87. The predicted octanol–water partition coefficient (Wildman–Crippen LogP) is 3.63. The summed E-state index contributed by atoms with van der Waals surface area (Å²) in [6.07, 6.45) is 3.83. The monoisotopic (exact) mass is 304 g/mol. The lowest BCUT2D eigenvalue weighted by molar-refractivity contribution is 0.248. The van der Waals surface area contributed by atoms with Gasteiger partial charge in [-0.25, -0.2) is 0 Å². The topological polar surface area (TPSA) is 29.3 Å². The summed E-state index contributed by atoms with van der Waals surface area (Å²) in [5, 5.41) is 0. The van der Waals surface area contributed by atoms with Crippen molar-refractivity contribution in [1.82, 2.24) is 4.90 Å². The van der Waals surface area contributed by atoms with E-state index in [0.717, 1.165) is 6.54 Å². The minimum atomic E-state index is 0.369. The van der Waals surface area contributed by atoms with Gasteiger partial charge in [0, 0.05) is 11.4 Å². The molecule has 0 saturated heterocycles. The van der Waals surface area contributed by atoms with E-state index in [1.54, 1.807) is 11.3 Å². The van der Waals surface area contributed by atoms with Crippen molar-refractivity contribution in [2.45, 2.75) is 32.2 Å². The zero-order valence-electron chi connectivity index (χ0n) is 10.1. The second kappa shape index (κ2) is 7.43. The standard InChI is InChI=1S/C12H21BrN2S/c1-3-4-5-8-15(2)10(9-14)11-6-7-12(13)16-11/h6-7,10H,3-5,8-9,14H2,1-2H3. The van der Waals surface area contributed by atoms with Crippen molar-refractivity contribution in [2.75, 3.05) is 20.1 Å². The van der Waals surface area contributed by atoms with Crippen LogP contribution in [0.3, 0.4) is 0 Å². The summed E-state index contributed by atoms with van der Waals surface area (Å²) in [4.78, 5) is 3.72.